The average molecular weight is 285 g/mol. The Balaban J connectivity index is 0.00000180. The predicted octanol–water partition coefficient (Wildman–Crippen LogP) is 2.50. The summed E-state index contributed by atoms with van der Waals surface area (Å²) in [6.45, 7) is 2.69. The van der Waals surface area contributed by atoms with Gasteiger partial charge in [-0.05, 0) is 49.9 Å². The van der Waals surface area contributed by atoms with E-state index in [9.17, 15) is 4.79 Å². The number of aryl methyl sites for hydroxylation is 1. The Kier molecular flexibility index (Phi) is 6.12. The number of hydrogen-bond donors (Lipinski definition) is 2. The second-order valence-corrected chi connectivity index (χ2v) is 4.84. The van der Waals surface area contributed by atoms with Crippen LogP contribution in [-0.4, -0.2) is 18.6 Å². The summed E-state index contributed by atoms with van der Waals surface area (Å²) in [5.41, 5.74) is 7.64. The van der Waals surface area contributed by atoms with Gasteiger partial charge in [-0.2, -0.15) is 0 Å². The van der Waals surface area contributed by atoms with Crippen LogP contribution in [0, 0.1) is 0 Å². The summed E-state index contributed by atoms with van der Waals surface area (Å²) in [7, 11) is 0. The second kappa shape index (κ2) is 7.36. The molecule has 1 heterocycles. The summed E-state index contributed by atoms with van der Waals surface area (Å²) in [5, 5.41) is 2.90. The maximum Gasteiger partial charge on any atom is 0.224 e. The quantitative estimate of drug-likeness (QED) is 0.893. The Bertz CT molecular complexity index is 435. The van der Waals surface area contributed by atoms with Crippen LogP contribution in [0.5, 0.6) is 5.75 Å². The first-order valence-electron chi connectivity index (χ1n) is 6.46. The lowest BCUT2D eigenvalue weighted by Gasteiger charge is -2.18. The molecule has 1 amide bonds. The Labute approximate surface area is 120 Å². The minimum absolute atomic E-state index is 0. The first-order chi connectivity index (χ1) is 8.65. The van der Waals surface area contributed by atoms with E-state index in [4.69, 9.17) is 10.5 Å². The van der Waals surface area contributed by atoms with Crippen molar-refractivity contribution in [3.63, 3.8) is 0 Å². The Morgan fingerprint density at radius 1 is 1.53 bits per heavy atom. The minimum atomic E-state index is 0. The van der Waals surface area contributed by atoms with Gasteiger partial charge in [0, 0.05) is 18.2 Å². The van der Waals surface area contributed by atoms with E-state index in [1.807, 2.05) is 25.1 Å². The van der Waals surface area contributed by atoms with Crippen LogP contribution in [0.3, 0.4) is 0 Å². The van der Waals surface area contributed by atoms with E-state index in [1.165, 1.54) is 5.56 Å². The molecule has 0 aromatic heterocycles. The molecular formula is C14H21ClN2O2. The van der Waals surface area contributed by atoms with Gasteiger partial charge >= 0.3 is 0 Å². The first-order valence-corrected chi connectivity index (χ1v) is 6.46. The second-order valence-electron chi connectivity index (χ2n) is 4.84. The van der Waals surface area contributed by atoms with Crippen molar-refractivity contribution >= 4 is 24.0 Å². The standard InChI is InChI=1S/C14H20N2O2.ClH/c1-10(15)4-7-14(17)16-12-5-6-13-11(9-12)3-2-8-18-13;/h5-6,9-10H,2-4,7-8,15H2,1H3,(H,16,17);1H. The van der Waals surface area contributed by atoms with E-state index in [-0.39, 0.29) is 24.4 Å². The highest BCUT2D eigenvalue weighted by atomic mass is 35.5. The van der Waals surface area contributed by atoms with Gasteiger partial charge in [-0.15, -0.1) is 12.4 Å². The lowest BCUT2D eigenvalue weighted by atomic mass is 10.1. The van der Waals surface area contributed by atoms with E-state index in [2.05, 4.69) is 5.32 Å². The summed E-state index contributed by atoms with van der Waals surface area (Å²) >= 11 is 0. The normalized spacial score (nSPS) is 14.6. The Morgan fingerprint density at radius 3 is 3.05 bits per heavy atom. The number of ether oxygens (including phenoxy) is 1. The molecule has 1 unspecified atom stereocenters. The summed E-state index contributed by atoms with van der Waals surface area (Å²) < 4.78 is 5.53. The molecule has 106 valence electrons. The van der Waals surface area contributed by atoms with Crippen LogP contribution < -0.4 is 15.8 Å². The number of hydrogen-bond acceptors (Lipinski definition) is 3. The van der Waals surface area contributed by atoms with Gasteiger partial charge in [0.05, 0.1) is 6.61 Å². The van der Waals surface area contributed by atoms with Crippen molar-refractivity contribution in [1.82, 2.24) is 0 Å². The van der Waals surface area contributed by atoms with Gasteiger partial charge in [-0.3, -0.25) is 4.79 Å². The molecule has 1 aliphatic heterocycles. The molecule has 0 radical (unpaired) electrons. The fraction of sp³-hybridized carbons (Fsp3) is 0.500. The molecule has 2 rings (SSSR count). The van der Waals surface area contributed by atoms with Crippen LogP contribution in [0.1, 0.15) is 31.7 Å². The molecule has 1 aromatic carbocycles. The van der Waals surface area contributed by atoms with E-state index < -0.39 is 0 Å². The number of anilines is 1. The molecule has 0 spiro atoms. The zero-order valence-corrected chi connectivity index (χ0v) is 12.0. The van der Waals surface area contributed by atoms with Crippen molar-refractivity contribution in [2.24, 2.45) is 5.73 Å². The molecule has 19 heavy (non-hydrogen) atoms. The summed E-state index contributed by atoms with van der Waals surface area (Å²) in [6.07, 6.45) is 3.22. The van der Waals surface area contributed by atoms with E-state index in [0.717, 1.165) is 30.9 Å². The predicted molar refractivity (Wildman–Crippen MR) is 79.0 cm³/mol. The van der Waals surface area contributed by atoms with Crippen molar-refractivity contribution in [2.45, 2.75) is 38.6 Å². The smallest absolute Gasteiger partial charge is 0.224 e. The molecular weight excluding hydrogens is 264 g/mol. The van der Waals surface area contributed by atoms with Crippen molar-refractivity contribution in [1.29, 1.82) is 0 Å². The van der Waals surface area contributed by atoms with Crippen LogP contribution in [0.2, 0.25) is 0 Å². The molecule has 1 aliphatic rings. The molecule has 0 aliphatic carbocycles. The van der Waals surface area contributed by atoms with Crippen molar-refractivity contribution in [2.75, 3.05) is 11.9 Å². The monoisotopic (exact) mass is 284 g/mol. The third kappa shape index (κ3) is 4.73. The SMILES string of the molecule is CC(N)CCC(=O)Nc1ccc2c(c1)CCCO2.Cl. The zero-order valence-electron chi connectivity index (χ0n) is 11.1. The van der Waals surface area contributed by atoms with E-state index in [1.54, 1.807) is 0 Å². The number of fused-ring (bicyclic) bond motifs is 1. The van der Waals surface area contributed by atoms with Crippen LogP contribution in [0.4, 0.5) is 5.69 Å². The molecule has 5 heteroatoms. The summed E-state index contributed by atoms with van der Waals surface area (Å²) in [4.78, 5) is 11.7. The molecule has 1 atom stereocenters. The molecule has 1 aromatic rings. The first kappa shape index (κ1) is 15.8. The summed E-state index contributed by atoms with van der Waals surface area (Å²) in [5.74, 6) is 0.957. The summed E-state index contributed by atoms with van der Waals surface area (Å²) in [6, 6.07) is 5.87. The maximum absolute atomic E-state index is 11.7. The number of carbonyl (C=O) groups excluding carboxylic acids is 1. The number of halogens is 1. The highest BCUT2D eigenvalue weighted by molar-refractivity contribution is 5.90. The van der Waals surface area contributed by atoms with E-state index in [0.29, 0.717) is 12.8 Å². The fourth-order valence-electron chi connectivity index (χ4n) is 2.02. The van der Waals surface area contributed by atoms with Crippen LogP contribution in [-0.2, 0) is 11.2 Å². The fourth-order valence-corrected chi connectivity index (χ4v) is 2.02. The largest absolute Gasteiger partial charge is 0.493 e. The molecule has 0 saturated heterocycles. The molecule has 0 bridgehead atoms. The van der Waals surface area contributed by atoms with Gasteiger partial charge < -0.3 is 15.8 Å². The molecule has 0 fully saturated rings. The number of nitrogens with one attached hydrogen (secondary N) is 1. The minimum Gasteiger partial charge on any atom is -0.493 e. The van der Waals surface area contributed by atoms with Crippen molar-refractivity contribution < 1.29 is 9.53 Å². The van der Waals surface area contributed by atoms with Crippen LogP contribution in [0.25, 0.3) is 0 Å². The number of nitrogens with two attached hydrogens (primary N) is 1. The average Bonchev–Trinajstić information content (AvgIpc) is 2.36. The van der Waals surface area contributed by atoms with Crippen LogP contribution in [0.15, 0.2) is 18.2 Å². The third-order valence-electron chi connectivity index (χ3n) is 3.02. The zero-order chi connectivity index (χ0) is 13.0. The van der Waals surface area contributed by atoms with Gasteiger partial charge in [-0.1, -0.05) is 0 Å². The van der Waals surface area contributed by atoms with Gasteiger partial charge in [0.1, 0.15) is 5.75 Å². The highest BCUT2D eigenvalue weighted by Crippen LogP contribution is 2.27. The topological polar surface area (TPSA) is 64.4 Å². The van der Waals surface area contributed by atoms with Gasteiger partial charge in [0.25, 0.3) is 0 Å². The third-order valence-corrected chi connectivity index (χ3v) is 3.02. The molecule has 3 N–H and O–H groups in total. The van der Waals surface area contributed by atoms with Gasteiger partial charge in [-0.25, -0.2) is 0 Å². The van der Waals surface area contributed by atoms with Gasteiger partial charge in [0.2, 0.25) is 5.91 Å². The van der Waals surface area contributed by atoms with Gasteiger partial charge in [0.15, 0.2) is 0 Å². The van der Waals surface area contributed by atoms with Crippen LogP contribution >= 0.6 is 12.4 Å². The lowest BCUT2D eigenvalue weighted by molar-refractivity contribution is -0.116. The van der Waals surface area contributed by atoms with Crippen molar-refractivity contribution in [3.05, 3.63) is 23.8 Å². The van der Waals surface area contributed by atoms with Crippen molar-refractivity contribution in [3.8, 4) is 5.75 Å². The van der Waals surface area contributed by atoms with E-state index >= 15 is 0 Å². The number of rotatable bonds is 4. The lowest BCUT2D eigenvalue weighted by Crippen LogP contribution is -2.19. The Hall–Kier alpha value is -1.26. The number of benzene rings is 1. The number of amides is 1. The Morgan fingerprint density at radius 2 is 2.32 bits per heavy atom. The number of carbonyl (C=O) groups is 1. The maximum atomic E-state index is 11.7. The molecule has 4 nitrogen and oxygen atoms in total. The molecule has 0 saturated carbocycles. The highest BCUT2D eigenvalue weighted by Gasteiger charge is 2.11.